The van der Waals surface area contributed by atoms with Gasteiger partial charge in [-0.25, -0.2) is 13.2 Å². The smallest absolute Gasteiger partial charge is 0.313 e. The van der Waals surface area contributed by atoms with Crippen LogP contribution in [0.5, 0.6) is 0 Å². The first kappa shape index (κ1) is 18.7. The van der Waals surface area contributed by atoms with Gasteiger partial charge in [-0.3, -0.25) is 14.9 Å². The Morgan fingerprint density at radius 3 is 2.69 bits per heavy atom. The minimum absolute atomic E-state index is 0.00205. The second kappa shape index (κ2) is 6.93. The van der Waals surface area contributed by atoms with E-state index < -0.39 is 45.3 Å². The fourth-order valence-corrected chi connectivity index (χ4v) is 4.55. The summed E-state index contributed by atoms with van der Waals surface area (Å²) in [5.41, 5.74) is 0. The van der Waals surface area contributed by atoms with Crippen molar-refractivity contribution in [3.05, 3.63) is 35.5 Å². The van der Waals surface area contributed by atoms with E-state index in [-0.39, 0.29) is 31.0 Å². The van der Waals surface area contributed by atoms with Crippen molar-refractivity contribution in [2.45, 2.75) is 23.9 Å². The Hall–Kier alpha value is -2.05. The van der Waals surface area contributed by atoms with E-state index in [4.69, 9.17) is 0 Å². The summed E-state index contributed by atoms with van der Waals surface area (Å²) in [6.45, 7) is -0.536. The maximum absolute atomic E-state index is 13.5. The zero-order chi connectivity index (χ0) is 18.9. The van der Waals surface area contributed by atoms with Crippen molar-refractivity contribution in [3.8, 4) is 0 Å². The largest absolute Gasteiger partial charge is 0.605 e. The summed E-state index contributed by atoms with van der Waals surface area (Å²) in [7, 11) is -3.99. The highest BCUT2D eigenvalue weighted by Crippen LogP contribution is 2.30. The average Bonchev–Trinajstić information content (AvgIpc) is 2.79. The van der Waals surface area contributed by atoms with Crippen LogP contribution in [-0.4, -0.2) is 61.1 Å². The van der Waals surface area contributed by atoms with E-state index in [0.717, 1.165) is 5.01 Å². The lowest BCUT2D eigenvalue weighted by molar-refractivity contribution is -1.01. The molecular weight excluding hydrogens is 364 g/mol. The first-order valence-electron chi connectivity index (χ1n) is 8.14. The summed E-state index contributed by atoms with van der Waals surface area (Å²) >= 11 is 0. The SMILES string of the molecule is O=C(O)[C@H]1CNCN2C(=O)CCC(NS(=O)(=O)c3ccccc3)[N+]2([O-])C1. The summed E-state index contributed by atoms with van der Waals surface area (Å²) in [6.07, 6.45) is -1.18. The number of hydroxylamine groups is 2. The minimum atomic E-state index is -3.99. The van der Waals surface area contributed by atoms with Crippen LogP contribution in [0.25, 0.3) is 0 Å². The molecule has 2 fully saturated rings. The number of carbonyl (C=O) groups is 2. The van der Waals surface area contributed by atoms with Gasteiger partial charge in [-0.15, -0.1) is 0 Å². The molecule has 0 aromatic heterocycles. The van der Waals surface area contributed by atoms with Crippen LogP contribution in [0.15, 0.2) is 35.2 Å². The van der Waals surface area contributed by atoms with Gasteiger partial charge in [0, 0.05) is 19.4 Å². The third kappa shape index (κ3) is 3.44. The van der Waals surface area contributed by atoms with Gasteiger partial charge < -0.3 is 10.3 Å². The summed E-state index contributed by atoms with van der Waals surface area (Å²) < 4.78 is 26.2. The number of carboxylic acid groups (broad SMARTS) is 1. The van der Waals surface area contributed by atoms with Crippen LogP contribution in [0.2, 0.25) is 0 Å². The number of hydrogen-bond donors (Lipinski definition) is 3. The maximum atomic E-state index is 13.5. The van der Waals surface area contributed by atoms with Crippen LogP contribution in [0.4, 0.5) is 0 Å². The molecule has 0 bridgehead atoms. The fraction of sp³-hybridized carbons (Fsp3) is 0.467. The Bertz CT molecular complexity index is 802. The molecule has 1 amide bonds. The molecule has 2 saturated heterocycles. The average molecular weight is 384 g/mol. The highest BCUT2D eigenvalue weighted by atomic mass is 32.2. The maximum Gasteiger partial charge on any atom is 0.313 e. The Morgan fingerprint density at radius 2 is 2.04 bits per heavy atom. The van der Waals surface area contributed by atoms with Gasteiger partial charge in [-0.05, 0) is 12.1 Å². The predicted octanol–water partition coefficient (Wildman–Crippen LogP) is -0.595. The normalized spacial score (nSPS) is 29.7. The number of quaternary nitrogens is 1. The Kier molecular flexibility index (Phi) is 4.99. The molecule has 0 saturated carbocycles. The van der Waals surface area contributed by atoms with Gasteiger partial charge in [0.05, 0.1) is 4.90 Å². The number of sulfonamides is 1. The van der Waals surface area contributed by atoms with Crippen LogP contribution in [-0.2, 0) is 19.6 Å². The van der Waals surface area contributed by atoms with Crippen molar-refractivity contribution in [2.24, 2.45) is 5.92 Å². The molecule has 1 aromatic carbocycles. The zero-order valence-electron chi connectivity index (χ0n) is 13.9. The molecule has 2 heterocycles. The van der Waals surface area contributed by atoms with Crippen molar-refractivity contribution >= 4 is 21.9 Å². The molecule has 3 N–H and O–H groups in total. The summed E-state index contributed by atoms with van der Waals surface area (Å²) in [4.78, 5) is 23.6. The van der Waals surface area contributed by atoms with E-state index >= 15 is 0 Å². The number of nitrogens with one attached hydrogen (secondary N) is 2. The van der Waals surface area contributed by atoms with Crippen LogP contribution in [0, 0.1) is 11.1 Å². The molecule has 2 unspecified atom stereocenters. The third-order valence-corrected chi connectivity index (χ3v) is 6.12. The number of benzene rings is 1. The molecule has 142 valence electrons. The molecule has 3 atom stereocenters. The molecule has 0 spiro atoms. The van der Waals surface area contributed by atoms with Crippen molar-refractivity contribution in [2.75, 3.05) is 19.8 Å². The molecule has 26 heavy (non-hydrogen) atoms. The first-order valence-corrected chi connectivity index (χ1v) is 9.63. The zero-order valence-corrected chi connectivity index (χ0v) is 14.7. The van der Waals surface area contributed by atoms with Gasteiger partial charge in [0.15, 0.2) is 6.17 Å². The third-order valence-electron chi connectivity index (χ3n) is 4.64. The Morgan fingerprint density at radius 1 is 1.35 bits per heavy atom. The summed E-state index contributed by atoms with van der Waals surface area (Å²) in [6, 6.07) is 7.58. The number of fused-ring (bicyclic) bond motifs is 1. The molecule has 3 rings (SSSR count). The van der Waals surface area contributed by atoms with Gasteiger partial charge in [0.25, 0.3) is 5.91 Å². The van der Waals surface area contributed by atoms with Crippen molar-refractivity contribution in [3.63, 3.8) is 0 Å². The lowest BCUT2D eigenvalue weighted by Crippen LogP contribution is -2.71. The highest BCUT2D eigenvalue weighted by Gasteiger charge is 2.48. The quantitative estimate of drug-likeness (QED) is 0.465. The number of hydrogen-bond acceptors (Lipinski definition) is 6. The van der Waals surface area contributed by atoms with Gasteiger partial charge in [-0.1, -0.05) is 18.2 Å². The number of amides is 1. The molecular formula is C15H20N4O6S. The standard InChI is InChI=1S/C15H20N4O6S/c20-14-7-6-13(17-26(24,25)12-4-2-1-3-5-12)19(23)9-11(15(21)22)8-16-10-18(14)19/h1-5,11,13,16-17H,6-10H2,(H,21,22)/t11-,13?,19?/m0/s1. The van der Waals surface area contributed by atoms with Gasteiger partial charge in [0.1, 0.15) is 19.1 Å². The van der Waals surface area contributed by atoms with Gasteiger partial charge >= 0.3 is 5.97 Å². The molecule has 10 nitrogen and oxygen atoms in total. The first-order chi connectivity index (χ1) is 12.2. The van der Waals surface area contributed by atoms with E-state index in [1.165, 1.54) is 12.1 Å². The second-order valence-corrected chi connectivity index (χ2v) is 8.08. The van der Waals surface area contributed by atoms with Crippen molar-refractivity contribution in [1.29, 1.82) is 0 Å². The number of nitrogens with zero attached hydrogens (tertiary/aromatic N) is 2. The van der Waals surface area contributed by atoms with Crippen LogP contribution >= 0.6 is 0 Å². The number of aliphatic carboxylic acids is 1. The van der Waals surface area contributed by atoms with Crippen LogP contribution in [0.3, 0.4) is 0 Å². The van der Waals surface area contributed by atoms with E-state index in [0.29, 0.717) is 0 Å². The van der Waals surface area contributed by atoms with E-state index in [2.05, 4.69) is 10.0 Å². The topological polar surface area (TPSA) is 139 Å². The van der Waals surface area contributed by atoms with Gasteiger partial charge in [-0.2, -0.15) is 9.73 Å². The Labute approximate surface area is 150 Å². The molecule has 0 radical (unpaired) electrons. The summed E-state index contributed by atoms with van der Waals surface area (Å²) in [5, 5.41) is 26.5. The fourth-order valence-electron chi connectivity index (χ4n) is 3.26. The van der Waals surface area contributed by atoms with Crippen molar-refractivity contribution in [1.82, 2.24) is 15.0 Å². The molecule has 2 aliphatic heterocycles. The number of carbonyl (C=O) groups excluding carboxylic acids is 1. The summed E-state index contributed by atoms with van der Waals surface area (Å²) in [5.74, 6) is -2.64. The monoisotopic (exact) mass is 384 g/mol. The molecule has 11 heteroatoms. The predicted molar refractivity (Wildman–Crippen MR) is 89.1 cm³/mol. The van der Waals surface area contributed by atoms with E-state index in [1.807, 2.05) is 0 Å². The highest BCUT2D eigenvalue weighted by molar-refractivity contribution is 7.89. The van der Waals surface area contributed by atoms with E-state index in [9.17, 15) is 28.3 Å². The number of carboxylic acids is 1. The molecule has 1 aromatic rings. The van der Waals surface area contributed by atoms with E-state index in [1.54, 1.807) is 18.2 Å². The Balaban J connectivity index is 1.93. The second-order valence-electron chi connectivity index (χ2n) is 6.37. The number of rotatable bonds is 4. The van der Waals surface area contributed by atoms with Gasteiger partial charge in [0.2, 0.25) is 10.0 Å². The van der Waals surface area contributed by atoms with Crippen LogP contribution < -0.4 is 10.0 Å². The van der Waals surface area contributed by atoms with Crippen LogP contribution in [0.1, 0.15) is 12.8 Å². The lowest BCUT2D eigenvalue weighted by atomic mass is 10.1. The molecule has 2 aliphatic rings. The van der Waals surface area contributed by atoms with Crippen molar-refractivity contribution < 1.29 is 27.9 Å². The molecule has 0 aliphatic carbocycles. The lowest BCUT2D eigenvalue weighted by Gasteiger charge is -2.54. The minimum Gasteiger partial charge on any atom is -0.605 e.